The van der Waals surface area contributed by atoms with Crippen LogP contribution in [0.1, 0.15) is 62.2 Å². The second-order valence-electron chi connectivity index (χ2n) is 6.13. The van der Waals surface area contributed by atoms with Crippen LogP contribution in [-0.4, -0.2) is 29.7 Å². The number of nitrogens with zero attached hydrogens (tertiary/aromatic N) is 2. The monoisotopic (exact) mass is 297 g/mol. The molecule has 0 spiro atoms. The van der Waals surface area contributed by atoms with Crippen LogP contribution in [0.5, 0.6) is 0 Å². The molecule has 112 valence electrons. The quantitative estimate of drug-likeness (QED) is 0.922. The van der Waals surface area contributed by atoms with Gasteiger partial charge in [0, 0.05) is 11.5 Å². The van der Waals surface area contributed by atoms with Crippen LogP contribution in [0.2, 0.25) is 0 Å². The van der Waals surface area contributed by atoms with Gasteiger partial charge in [-0.05, 0) is 25.7 Å². The molecule has 2 fully saturated rings. The highest BCUT2D eigenvalue weighted by molar-refractivity contribution is 7.91. The second kappa shape index (κ2) is 5.06. The number of hydrogen-bond donors (Lipinski definition) is 1. The topological polar surface area (TPSA) is 78.0 Å². The molecule has 0 amide bonds. The van der Waals surface area contributed by atoms with E-state index in [-0.39, 0.29) is 17.5 Å². The molecule has 6 heteroatoms. The van der Waals surface area contributed by atoms with E-state index in [1.54, 1.807) is 0 Å². The van der Waals surface area contributed by atoms with Crippen LogP contribution in [0.15, 0.2) is 0 Å². The molecule has 0 aromatic carbocycles. The summed E-state index contributed by atoms with van der Waals surface area (Å²) < 4.78 is 25.1. The molecular formula is C14H23N3O2S. The van der Waals surface area contributed by atoms with E-state index in [4.69, 9.17) is 10.8 Å². The van der Waals surface area contributed by atoms with Gasteiger partial charge in [0.1, 0.15) is 5.82 Å². The predicted molar refractivity (Wildman–Crippen MR) is 79.5 cm³/mol. The molecule has 0 radical (unpaired) electrons. The fourth-order valence-corrected chi connectivity index (χ4v) is 4.95. The minimum atomic E-state index is -2.90. The Morgan fingerprint density at radius 1 is 1.35 bits per heavy atom. The number of aromatic nitrogens is 2. The molecule has 2 heterocycles. The molecule has 0 bridgehead atoms. The fraction of sp³-hybridized carbons (Fsp3) is 0.786. The van der Waals surface area contributed by atoms with E-state index >= 15 is 0 Å². The zero-order chi connectivity index (χ0) is 14.3. The van der Waals surface area contributed by atoms with Gasteiger partial charge >= 0.3 is 0 Å². The molecule has 2 aliphatic rings. The van der Waals surface area contributed by atoms with Crippen molar-refractivity contribution in [3.8, 4) is 0 Å². The average Bonchev–Trinajstić information content (AvgIpc) is 2.81. The predicted octanol–water partition coefficient (Wildman–Crippen LogP) is 2.04. The summed E-state index contributed by atoms with van der Waals surface area (Å²) in [6.07, 6.45) is 6.27. The number of sulfone groups is 1. The summed E-state index contributed by atoms with van der Waals surface area (Å²) in [6, 6.07) is -0.0653. The summed E-state index contributed by atoms with van der Waals surface area (Å²) in [5, 5.41) is 4.73. The van der Waals surface area contributed by atoms with Gasteiger partial charge in [-0.15, -0.1) is 0 Å². The van der Waals surface area contributed by atoms with Crippen molar-refractivity contribution in [1.82, 2.24) is 9.78 Å². The van der Waals surface area contributed by atoms with Gasteiger partial charge in [-0.2, -0.15) is 5.10 Å². The van der Waals surface area contributed by atoms with Crippen LogP contribution in [0.25, 0.3) is 0 Å². The molecule has 5 nitrogen and oxygen atoms in total. The summed E-state index contributed by atoms with van der Waals surface area (Å²) in [5.41, 5.74) is 8.59. The molecule has 20 heavy (non-hydrogen) atoms. The second-order valence-corrected chi connectivity index (χ2v) is 8.36. The molecule has 1 saturated carbocycles. The lowest BCUT2D eigenvalue weighted by molar-refractivity contribution is 0.398. The van der Waals surface area contributed by atoms with E-state index in [9.17, 15) is 8.42 Å². The first kappa shape index (κ1) is 13.9. The van der Waals surface area contributed by atoms with Crippen LogP contribution < -0.4 is 5.73 Å². The van der Waals surface area contributed by atoms with Gasteiger partial charge in [-0.1, -0.05) is 19.8 Å². The Morgan fingerprint density at radius 2 is 2.10 bits per heavy atom. The molecule has 1 unspecified atom stereocenters. The number of rotatable bonds is 4. The standard InChI is InChI=1S/C14H23N3O2S/c1-2-4-12-13(10-5-3-6-10)16-17(14(12)15)11-7-8-20(18,19)9-11/h10-11H,2-9,15H2,1H3. The molecule has 2 N–H and O–H groups in total. The van der Waals surface area contributed by atoms with Gasteiger partial charge in [0.05, 0.1) is 23.2 Å². The van der Waals surface area contributed by atoms with Crippen LogP contribution in [0, 0.1) is 0 Å². The Balaban J connectivity index is 1.95. The van der Waals surface area contributed by atoms with E-state index in [2.05, 4.69) is 6.92 Å². The van der Waals surface area contributed by atoms with Gasteiger partial charge < -0.3 is 5.73 Å². The van der Waals surface area contributed by atoms with Crippen molar-refractivity contribution < 1.29 is 8.42 Å². The number of hydrogen-bond acceptors (Lipinski definition) is 4. The first-order valence-corrected chi connectivity index (χ1v) is 9.41. The van der Waals surface area contributed by atoms with Gasteiger partial charge in [-0.25, -0.2) is 13.1 Å². The van der Waals surface area contributed by atoms with Crippen LogP contribution >= 0.6 is 0 Å². The SMILES string of the molecule is CCCc1c(C2CCC2)nn(C2CCS(=O)(=O)C2)c1N. The Labute approximate surface area is 120 Å². The Bertz CT molecular complexity index is 602. The lowest BCUT2D eigenvalue weighted by atomic mass is 9.81. The third-order valence-electron chi connectivity index (χ3n) is 4.63. The third kappa shape index (κ3) is 2.34. The number of nitrogen functional groups attached to an aromatic ring is 1. The van der Waals surface area contributed by atoms with E-state index in [0.29, 0.717) is 18.2 Å². The molecule has 1 aromatic heterocycles. The zero-order valence-corrected chi connectivity index (χ0v) is 12.8. The van der Waals surface area contributed by atoms with Crippen molar-refractivity contribution in [2.75, 3.05) is 17.2 Å². The fourth-order valence-electron chi connectivity index (χ4n) is 3.26. The normalized spacial score (nSPS) is 25.8. The average molecular weight is 297 g/mol. The number of anilines is 1. The summed E-state index contributed by atoms with van der Waals surface area (Å²) in [7, 11) is -2.90. The van der Waals surface area contributed by atoms with Gasteiger partial charge in [-0.3, -0.25) is 0 Å². The Hall–Kier alpha value is -1.04. The van der Waals surface area contributed by atoms with Gasteiger partial charge in [0.25, 0.3) is 0 Å². The lowest BCUT2D eigenvalue weighted by Crippen LogP contribution is -2.16. The summed E-state index contributed by atoms with van der Waals surface area (Å²) >= 11 is 0. The maximum atomic E-state index is 11.7. The molecule has 1 aliphatic carbocycles. The molecule has 1 saturated heterocycles. The smallest absolute Gasteiger partial charge is 0.152 e. The van der Waals surface area contributed by atoms with Crippen LogP contribution in [0.3, 0.4) is 0 Å². The molecule has 1 aliphatic heterocycles. The van der Waals surface area contributed by atoms with Gasteiger partial charge in [0.15, 0.2) is 9.84 Å². The molecule has 1 atom stereocenters. The Morgan fingerprint density at radius 3 is 2.60 bits per heavy atom. The highest BCUT2D eigenvalue weighted by Gasteiger charge is 2.34. The van der Waals surface area contributed by atoms with E-state index in [1.165, 1.54) is 24.8 Å². The zero-order valence-electron chi connectivity index (χ0n) is 12.0. The van der Waals surface area contributed by atoms with Crippen molar-refractivity contribution in [2.24, 2.45) is 0 Å². The van der Waals surface area contributed by atoms with Crippen molar-refractivity contribution in [3.63, 3.8) is 0 Å². The highest BCUT2D eigenvalue weighted by atomic mass is 32.2. The number of nitrogens with two attached hydrogens (primary N) is 1. The minimum absolute atomic E-state index is 0.0653. The van der Waals surface area contributed by atoms with Crippen molar-refractivity contribution in [2.45, 2.75) is 57.4 Å². The van der Waals surface area contributed by atoms with Crippen molar-refractivity contribution in [1.29, 1.82) is 0 Å². The molecule has 1 aromatic rings. The maximum absolute atomic E-state index is 11.7. The lowest BCUT2D eigenvalue weighted by Gasteiger charge is -2.24. The minimum Gasteiger partial charge on any atom is -0.384 e. The first-order chi connectivity index (χ1) is 9.52. The molecule has 3 rings (SSSR count). The molecular weight excluding hydrogens is 274 g/mol. The summed E-state index contributed by atoms with van der Waals surface area (Å²) in [5.74, 6) is 1.70. The van der Waals surface area contributed by atoms with E-state index < -0.39 is 9.84 Å². The van der Waals surface area contributed by atoms with Crippen LogP contribution in [-0.2, 0) is 16.3 Å². The van der Waals surface area contributed by atoms with E-state index in [1.807, 2.05) is 4.68 Å². The Kier molecular flexibility index (Phi) is 3.52. The largest absolute Gasteiger partial charge is 0.384 e. The highest BCUT2D eigenvalue weighted by Crippen LogP contribution is 2.40. The van der Waals surface area contributed by atoms with E-state index in [0.717, 1.165) is 18.5 Å². The van der Waals surface area contributed by atoms with Gasteiger partial charge in [0.2, 0.25) is 0 Å². The summed E-state index contributed by atoms with van der Waals surface area (Å²) in [6.45, 7) is 2.14. The van der Waals surface area contributed by atoms with Crippen molar-refractivity contribution in [3.05, 3.63) is 11.3 Å². The summed E-state index contributed by atoms with van der Waals surface area (Å²) in [4.78, 5) is 0. The van der Waals surface area contributed by atoms with Crippen molar-refractivity contribution >= 4 is 15.7 Å². The maximum Gasteiger partial charge on any atom is 0.152 e. The first-order valence-electron chi connectivity index (χ1n) is 7.59. The third-order valence-corrected chi connectivity index (χ3v) is 6.38. The van der Waals surface area contributed by atoms with Crippen LogP contribution in [0.4, 0.5) is 5.82 Å².